The predicted molar refractivity (Wildman–Crippen MR) is 92.2 cm³/mol. The Balaban J connectivity index is 2.10. The number of carbonyl (C=O) groups is 2. The molecule has 1 fully saturated rings. The van der Waals surface area contributed by atoms with Crippen LogP contribution in [-0.2, 0) is 14.3 Å². The highest BCUT2D eigenvalue weighted by Crippen LogP contribution is 2.72. The Kier molecular flexibility index (Phi) is 5.28. The van der Waals surface area contributed by atoms with Crippen molar-refractivity contribution < 1.29 is 27.5 Å². The van der Waals surface area contributed by atoms with Crippen LogP contribution in [0.5, 0.6) is 0 Å². The third-order valence-corrected chi connectivity index (χ3v) is 6.07. The first-order valence-electron chi connectivity index (χ1n) is 8.63. The minimum atomic E-state index is -4.34. The molecule has 0 saturated heterocycles. The Bertz CT molecular complexity index is 685. The summed E-state index contributed by atoms with van der Waals surface area (Å²) in [5.74, 6) is -1.58. The lowest BCUT2D eigenvalue weighted by molar-refractivity contribution is -0.156. The maximum atomic E-state index is 12.9. The Labute approximate surface area is 152 Å². The van der Waals surface area contributed by atoms with Gasteiger partial charge in [-0.1, -0.05) is 45.6 Å². The number of Topliss-reactive ketones (excluding diaryl/α,β-unsaturated/α-hetero) is 1. The van der Waals surface area contributed by atoms with Crippen LogP contribution >= 0.6 is 0 Å². The first kappa shape index (κ1) is 20.5. The Morgan fingerprint density at radius 2 is 1.96 bits per heavy atom. The van der Waals surface area contributed by atoms with E-state index in [1.165, 1.54) is 6.92 Å². The quantitative estimate of drug-likeness (QED) is 0.492. The number of carbonyl (C=O) groups excluding carboxylic acids is 2. The molecule has 1 saturated carbocycles. The SMILES string of the molecule is C=CC=CCC1=C(C)C(OC(=O)C2C(C)(C)C2(C)CC(F)(F)F)CC1=O. The number of halogens is 3. The zero-order valence-electron chi connectivity index (χ0n) is 15.6. The van der Waals surface area contributed by atoms with Gasteiger partial charge < -0.3 is 4.74 Å². The fraction of sp³-hybridized carbons (Fsp3) is 0.600. The number of hydrogen-bond donors (Lipinski definition) is 0. The Morgan fingerprint density at radius 3 is 2.50 bits per heavy atom. The average molecular weight is 370 g/mol. The lowest BCUT2D eigenvalue weighted by Crippen LogP contribution is -2.23. The zero-order chi connectivity index (χ0) is 19.9. The van der Waals surface area contributed by atoms with E-state index in [9.17, 15) is 22.8 Å². The van der Waals surface area contributed by atoms with Crippen molar-refractivity contribution >= 4 is 11.8 Å². The molecule has 3 nitrogen and oxygen atoms in total. The second-order valence-corrected chi connectivity index (χ2v) is 7.95. The van der Waals surface area contributed by atoms with Crippen molar-refractivity contribution in [3.05, 3.63) is 36.0 Å². The van der Waals surface area contributed by atoms with Crippen molar-refractivity contribution in [1.82, 2.24) is 0 Å². The molecule has 2 aliphatic carbocycles. The summed E-state index contributed by atoms with van der Waals surface area (Å²) in [4.78, 5) is 24.7. The van der Waals surface area contributed by atoms with Gasteiger partial charge in [0.15, 0.2) is 5.78 Å². The van der Waals surface area contributed by atoms with Crippen LogP contribution in [-0.4, -0.2) is 24.0 Å². The third kappa shape index (κ3) is 3.64. The van der Waals surface area contributed by atoms with Gasteiger partial charge in [0.2, 0.25) is 0 Å². The zero-order valence-corrected chi connectivity index (χ0v) is 15.6. The first-order chi connectivity index (χ1) is 11.8. The topological polar surface area (TPSA) is 43.4 Å². The standard InChI is InChI=1S/C20H25F3O3/c1-6-7-8-9-13-12(2)15(10-14(13)24)26-17(25)16-18(3,4)19(16,5)11-20(21,22)23/h6-8,15-16H,1,9-11H2,2-5H3. The molecule has 0 bridgehead atoms. The van der Waals surface area contributed by atoms with Gasteiger partial charge in [0, 0.05) is 5.57 Å². The molecule has 0 aliphatic heterocycles. The number of hydrogen-bond acceptors (Lipinski definition) is 3. The van der Waals surface area contributed by atoms with E-state index in [-0.39, 0.29) is 12.2 Å². The van der Waals surface area contributed by atoms with Crippen LogP contribution in [0.2, 0.25) is 0 Å². The number of ether oxygens (including phenoxy) is 1. The summed E-state index contributed by atoms with van der Waals surface area (Å²) in [6, 6.07) is 0. The smallest absolute Gasteiger partial charge is 0.389 e. The van der Waals surface area contributed by atoms with E-state index in [0.717, 1.165) is 0 Å². The number of esters is 1. The molecule has 6 heteroatoms. The average Bonchev–Trinajstić information content (AvgIpc) is 2.76. The van der Waals surface area contributed by atoms with E-state index < -0.39 is 41.4 Å². The summed E-state index contributed by atoms with van der Waals surface area (Å²) in [6.45, 7) is 10.1. The molecule has 144 valence electrons. The van der Waals surface area contributed by atoms with Gasteiger partial charge >= 0.3 is 12.1 Å². The molecule has 0 aromatic rings. The minimum Gasteiger partial charge on any atom is -0.457 e. The largest absolute Gasteiger partial charge is 0.457 e. The van der Waals surface area contributed by atoms with E-state index >= 15 is 0 Å². The molecule has 0 amide bonds. The van der Waals surface area contributed by atoms with Crippen LogP contribution in [0.3, 0.4) is 0 Å². The molecule has 26 heavy (non-hydrogen) atoms. The second-order valence-electron chi connectivity index (χ2n) is 7.95. The van der Waals surface area contributed by atoms with Crippen LogP contribution in [0.25, 0.3) is 0 Å². The van der Waals surface area contributed by atoms with E-state index in [1.54, 1.807) is 39.0 Å². The van der Waals surface area contributed by atoms with Crippen LogP contribution in [0.4, 0.5) is 13.2 Å². The molecule has 0 radical (unpaired) electrons. The van der Waals surface area contributed by atoms with Crippen LogP contribution in [0.15, 0.2) is 36.0 Å². The molecule has 0 N–H and O–H groups in total. The Morgan fingerprint density at radius 1 is 1.35 bits per heavy atom. The van der Waals surface area contributed by atoms with E-state index in [2.05, 4.69) is 6.58 Å². The van der Waals surface area contributed by atoms with Crippen molar-refractivity contribution in [2.45, 2.75) is 59.2 Å². The molecule has 2 rings (SSSR count). The molecule has 3 unspecified atom stereocenters. The van der Waals surface area contributed by atoms with Crippen molar-refractivity contribution in [3.63, 3.8) is 0 Å². The number of rotatable bonds is 6. The van der Waals surface area contributed by atoms with Crippen LogP contribution in [0, 0.1) is 16.7 Å². The summed E-state index contributed by atoms with van der Waals surface area (Å²) in [5, 5.41) is 0. The summed E-state index contributed by atoms with van der Waals surface area (Å²) >= 11 is 0. The minimum absolute atomic E-state index is 0.0535. The fourth-order valence-electron chi connectivity index (χ4n) is 4.12. The highest BCUT2D eigenvalue weighted by Gasteiger charge is 2.74. The maximum Gasteiger partial charge on any atom is 0.389 e. The van der Waals surface area contributed by atoms with Crippen LogP contribution in [0.1, 0.15) is 47.0 Å². The summed E-state index contributed by atoms with van der Waals surface area (Å²) in [6.07, 6.45) is -0.463. The van der Waals surface area contributed by atoms with Crippen molar-refractivity contribution in [1.29, 1.82) is 0 Å². The van der Waals surface area contributed by atoms with E-state index in [0.29, 0.717) is 17.6 Å². The predicted octanol–water partition coefficient (Wildman–Crippen LogP) is 4.93. The van der Waals surface area contributed by atoms with E-state index in [4.69, 9.17) is 4.74 Å². The summed E-state index contributed by atoms with van der Waals surface area (Å²) < 4.78 is 44.1. The summed E-state index contributed by atoms with van der Waals surface area (Å²) in [5.41, 5.74) is -0.713. The summed E-state index contributed by atoms with van der Waals surface area (Å²) in [7, 11) is 0. The van der Waals surface area contributed by atoms with Crippen LogP contribution < -0.4 is 0 Å². The van der Waals surface area contributed by atoms with Gasteiger partial charge in [0.05, 0.1) is 18.8 Å². The molecule has 0 aromatic heterocycles. The lowest BCUT2D eigenvalue weighted by Gasteiger charge is -2.17. The lowest BCUT2D eigenvalue weighted by atomic mass is 9.94. The van der Waals surface area contributed by atoms with Gasteiger partial charge in [-0.15, -0.1) is 0 Å². The van der Waals surface area contributed by atoms with Gasteiger partial charge in [0.1, 0.15) is 6.10 Å². The number of allylic oxidation sites excluding steroid dienone is 4. The van der Waals surface area contributed by atoms with Crippen molar-refractivity contribution in [2.24, 2.45) is 16.7 Å². The highest BCUT2D eigenvalue weighted by atomic mass is 19.4. The maximum absolute atomic E-state index is 12.9. The molecule has 2 aliphatic rings. The Hall–Kier alpha value is -1.85. The van der Waals surface area contributed by atoms with Gasteiger partial charge in [-0.3, -0.25) is 9.59 Å². The molecule has 0 aromatic carbocycles. The first-order valence-corrected chi connectivity index (χ1v) is 8.63. The van der Waals surface area contributed by atoms with Crippen molar-refractivity contribution in [3.8, 4) is 0 Å². The van der Waals surface area contributed by atoms with Gasteiger partial charge in [-0.25, -0.2) is 0 Å². The monoisotopic (exact) mass is 370 g/mol. The molecular formula is C20H25F3O3. The highest BCUT2D eigenvalue weighted by molar-refractivity contribution is 6.00. The number of ketones is 1. The fourth-order valence-corrected chi connectivity index (χ4v) is 4.12. The molecule has 0 heterocycles. The van der Waals surface area contributed by atoms with Gasteiger partial charge in [0.25, 0.3) is 0 Å². The second kappa shape index (κ2) is 6.71. The van der Waals surface area contributed by atoms with Gasteiger partial charge in [-0.05, 0) is 29.7 Å². The molecule has 3 atom stereocenters. The molecule has 0 spiro atoms. The number of alkyl halides is 3. The van der Waals surface area contributed by atoms with Gasteiger partial charge in [-0.2, -0.15) is 13.2 Å². The normalized spacial score (nSPS) is 30.8. The third-order valence-electron chi connectivity index (χ3n) is 6.07. The van der Waals surface area contributed by atoms with Crippen molar-refractivity contribution in [2.75, 3.05) is 0 Å². The molecular weight excluding hydrogens is 345 g/mol. The van der Waals surface area contributed by atoms with E-state index in [1.807, 2.05) is 0 Å².